The highest BCUT2D eigenvalue weighted by Crippen LogP contribution is 2.25. The topological polar surface area (TPSA) is 144 Å². The van der Waals surface area contributed by atoms with E-state index in [-0.39, 0.29) is 11.6 Å². The first-order valence-electron chi connectivity index (χ1n) is 16.0. The predicted octanol–water partition coefficient (Wildman–Crippen LogP) is 9.10. The molecule has 0 spiro atoms. The molecule has 9 heteroatoms. The van der Waals surface area contributed by atoms with Gasteiger partial charge in [0.15, 0.2) is 11.6 Å². The number of ether oxygens (including phenoxy) is 2. The van der Waals surface area contributed by atoms with Crippen LogP contribution in [0, 0.1) is 0 Å². The van der Waals surface area contributed by atoms with Crippen LogP contribution in [-0.2, 0) is 19.1 Å². The zero-order chi connectivity index (χ0) is 38.6. The lowest BCUT2D eigenvalue weighted by molar-refractivity contribution is -0.134. The van der Waals surface area contributed by atoms with E-state index in [0.717, 1.165) is 22.3 Å². The van der Waals surface area contributed by atoms with Gasteiger partial charge in [0.25, 0.3) is 0 Å². The average Bonchev–Trinajstić information content (AvgIpc) is 3.16. The molecular weight excluding hydrogens is 660 g/mol. The molecule has 0 heterocycles. The van der Waals surface area contributed by atoms with E-state index < -0.39 is 18.1 Å². The smallest absolute Gasteiger partial charge is 0.465 e. The summed E-state index contributed by atoms with van der Waals surface area (Å²) in [5.41, 5.74) is 6.65. The van der Waals surface area contributed by atoms with Gasteiger partial charge in [0, 0.05) is 22.3 Å². The highest BCUT2D eigenvalue weighted by atomic mass is 16.6. The second-order valence-electron chi connectivity index (χ2n) is 11.1. The lowest BCUT2D eigenvalue weighted by atomic mass is 9.96. The number of rotatable bonds is 12. The average molecular weight is 703 g/mol. The summed E-state index contributed by atoms with van der Waals surface area (Å²) in [6.07, 6.45) is 2.83. The molecule has 4 rings (SSSR count). The molecule has 2 N–H and O–H groups in total. The van der Waals surface area contributed by atoms with Gasteiger partial charge in [-0.3, -0.25) is 9.59 Å². The Morgan fingerprint density at radius 2 is 0.750 bits per heavy atom. The molecule has 52 heavy (non-hydrogen) atoms. The Bertz CT molecular complexity index is 1780. The fourth-order valence-electron chi connectivity index (χ4n) is 5.01. The Morgan fingerprint density at radius 3 is 1.00 bits per heavy atom. The minimum absolute atomic E-state index is 0.0476. The highest BCUT2D eigenvalue weighted by Gasteiger charge is 2.18. The van der Waals surface area contributed by atoms with Crippen molar-refractivity contribution in [2.45, 2.75) is 26.7 Å². The molecule has 0 radical (unpaired) electrons. The summed E-state index contributed by atoms with van der Waals surface area (Å²) in [6.45, 7) is 11.1. The van der Waals surface area contributed by atoms with E-state index in [4.69, 9.17) is 24.5 Å². The maximum absolute atomic E-state index is 12.4. The SMILES string of the molecule is C=CCC(C)=C(C(=O)OC)c1ccc(C(=O)c2ccccc2)cc1.C=CCC(C)=C(C(=O)OC)c1ccc(C(=O)c2ccccc2)cc1.O=C(O)O. The summed E-state index contributed by atoms with van der Waals surface area (Å²) in [6, 6.07) is 32.2. The van der Waals surface area contributed by atoms with Crippen molar-refractivity contribution >= 4 is 40.8 Å². The molecular formula is C43H42O9. The van der Waals surface area contributed by atoms with Crippen LogP contribution < -0.4 is 0 Å². The van der Waals surface area contributed by atoms with E-state index in [1.54, 1.807) is 84.9 Å². The van der Waals surface area contributed by atoms with Crippen molar-refractivity contribution in [3.8, 4) is 0 Å². The zero-order valence-electron chi connectivity index (χ0n) is 29.6. The molecule has 4 aromatic carbocycles. The Hall–Kier alpha value is -6.61. The normalized spacial score (nSPS) is 11.0. The van der Waals surface area contributed by atoms with Crippen LogP contribution in [0.15, 0.2) is 146 Å². The first kappa shape index (κ1) is 41.6. The molecule has 0 fully saturated rings. The highest BCUT2D eigenvalue weighted by molar-refractivity contribution is 6.18. The molecule has 0 aliphatic rings. The molecule has 0 atom stereocenters. The van der Waals surface area contributed by atoms with Crippen LogP contribution in [-0.4, -0.2) is 54.1 Å². The Balaban J connectivity index is 0.000000327. The van der Waals surface area contributed by atoms with Crippen molar-refractivity contribution in [2.24, 2.45) is 0 Å². The number of allylic oxidation sites excluding steroid dienone is 4. The maximum atomic E-state index is 12.4. The minimum Gasteiger partial charge on any atom is -0.465 e. The lowest BCUT2D eigenvalue weighted by Gasteiger charge is -2.10. The predicted molar refractivity (Wildman–Crippen MR) is 202 cm³/mol. The number of methoxy groups -OCH3 is 2. The van der Waals surface area contributed by atoms with Gasteiger partial charge >= 0.3 is 18.1 Å². The molecule has 0 saturated carbocycles. The van der Waals surface area contributed by atoms with Gasteiger partial charge in [0.2, 0.25) is 0 Å². The van der Waals surface area contributed by atoms with E-state index in [1.807, 2.05) is 50.2 Å². The van der Waals surface area contributed by atoms with E-state index >= 15 is 0 Å². The van der Waals surface area contributed by atoms with Crippen LogP contribution in [0.2, 0.25) is 0 Å². The summed E-state index contributed by atoms with van der Waals surface area (Å²) in [4.78, 5) is 57.6. The third-order valence-corrected chi connectivity index (χ3v) is 7.48. The van der Waals surface area contributed by atoms with Gasteiger partial charge in [-0.2, -0.15) is 0 Å². The number of esters is 2. The minimum atomic E-state index is -1.83. The zero-order valence-corrected chi connectivity index (χ0v) is 29.6. The summed E-state index contributed by atoms with van der Waals surface area (Å²) in [5.74, 6) is -0.880. The quantitative estimate of drug-likeness (QED) is 0.0639. The first-order valence-corrected chi connectivity index (χ1v) is 16.0. The maximum Gasteiger partial charge on any atom is 0.503 e. The third kappa shape index (κ3) is 12.4. The van der Waals surface area contributed by atoms with Crippen LogP contribution in [0.5, 0.6) is 0 Å². The Morgan fingerprint density at radius 1 is 0.500 bits per heavy atom. The van der Waals surface area contributed by atoms with Crippen LogP contribution in [0.1, 0.15) is 69.7 Å². The van der Waals surface area contributed by atoms with E-state index in [0.29, 0.717) is 46.2 Å². The number of carboxylic acid groups (broad SMARTS) is 2. The number of hydrogen-bond acceptors (Lipinski definition) is 7. The summed E-state index contributed by atoms with van der Waals surface area (Å²) >= 11 is 0. The van der Waals surface area contributed by atoms with E-state index in [9.17, 15) is 19.2 Å². The number of carbonyl (C=O) groups is 5. The van der Waals surface area contributed by atoms with Crippen LogP contribution in [0.3, 0.4) is 0 Å². The van der Waals surface area contributed by atoms with Gasteiger partial charge in [-0.1, -0.05) is 132 Å². The van der Waals surface area contributed by atoms with Crippen molar-refractivity contribution in [1.29, 1.82) is 0 Å². The number of hydrogen-bond donors (Lipinski definition) is 2. The first-order chi connectivity index (χ1) is 24.9. The van der Waals surface area contributed by atoms with Gasteiger partial charge in [-0.25, -0.2) is 14.4 Å². The monoisotopic (exact) mass is 702 g/mol. The molecule has 0 amide bonds. The van der Waals surface area contributed by atoms with Crippen molar-refractivity contribution in [3.63, 3.8) is 0 Å². The Labute approximate surface area is 303 Å². The summed E-state index contributed by atoms with van der Waals surface area (Å²) in [5, 5.41) is 13.9. The van der Waals surface area contributed by atoms with Gasteiger partial charge in [-0.05, 0) is 37.8 Å². The molecule has 0 aliphatic heterocycles. The second kappa shape index (κ2) is 21.5. The molecule has 4 aromatic rings. The largest absolute Gasteiger partial charge is 0.503 e. The van der Waals surface area contributed by atoms with Gasteiger partial charge in [0.1, 0.15) is 0 Å². The van der Waals surface area contributed by atoms with Gasteiger partial charge < -0.3 is 19.7 Å². The fraction of sp³-hybridized carbons (Fsp3) is 0.140. The Kier molecular flexibility index (Phi) is 17.2. The van der Waals surface area contributed by atoms with Crippen molar-refractivity contribution < 1.29 is 43.7 Å². The number of carbonyl (C=O) groups excluding carboxylic acids is 4. The number of benzene rings is 4. The van der Waals surface area contributed by atoms with Crippen LogP contribution in [0.25, 0.3) is 11.1 Å². The van der Waals surface area contributed by atoms with E-state index in [2.05, 4.69) is 13.2 Å². The number of ketones is 2. The van der Waals surface area contributed by atoms with Crippen molar-refractivity contribution in [1.82, 2.24) is 0 Å². The molecule has 9 nitrogen and oxygen atoms in total. The standard InChI is InChI=1S/2C21H20O3.CH2O3/c2*1-4-8-15(2)19(21(23)24-3)16-11-13-18(14-12-16)20(22)17-9-6-5-7-10-17;2-1(3)4/h2*4-7,9-14H,1,8H2,2-3H3;(H2,2,3,4). The second-order valence-corrected chi connectivity index (χ2v) is 11.1. The van der Waals surface area contributed by atoms with Gasteiger partial charge in [-0.15, -0.1) is 13.2 Å². The fourth-order valence-corrected chi connectivity index (χ4v) is 5.01. The molecule has 268 valence electrons. The van der Waals surface area contributed by atoms with Crippen molar-refractivity contribution in [2.75, 3.05) is 14.2 Å². The summed E-state index contributed by atoms with van der Waals surface area (Å²) < 4.78 is 9.77. The molecule has 0 aliphatic carbocycles. The van der Waals surface area contributed by atoms with E-state index in [1.165, 1.54) is 14.2 Å². The molecule has 0 aromatic heterocycles. The summed E-state index contributed by atoms with van der Waals surface area (Å²) in [7, 11) is 2.72. The van der Waals surface area contributed by atoms with Gasteiger partial charge in [0.05, 0.1) is 25.4 Å². The van der Waals surface area contributed by atoms with Crippen molar-refractivity contribution in [3.05, 3.63) is 179 Å². The molecule has 0 bridgehead atoms. The lowest BCUT2D eigenvalue weighted by Crippen LogP contribution is -2.07. The third-order valence-electron chi connectivity index (χ3n) is 7.48. The molecule has 0 unspecified atom stereocenters. The van der Waals surface area contributed by atoms with Crippen LogP contribution in [0.4, 0.5) is 4.79 Å². The van der Waals surface area contributed by atoms with Crippen LogP contribution >= 0.6 is 0 Å². The molecule has 0 saturated heterocycles.